The molecule has 0 unspecified atom stereocenters. The van der Waals surface area contributed by atoms with E-state index < -0.39 is 0 Å². The zero-order chi connectivity index (χ0) is 18.9. The van der Waals surface area contributed by atoms with Crippen molar-refractivity contribution in [2.45, 2.75) is 63.0 Å². The van der Waals surface area contributed by atoms with E-state index in [0.29, 0.717) is 24.6 Å². The maximum absolute atomic E-state index is 12.7. The minimum absolute atomic E-state index is 0.179. The third-order valence-corrected chi connectivity index (χ3v) is 6.64. The van der Waals surface area contributed by atoms with Crippen LogP contribution in [0.2, 0.25) is 0 Å². The summed E-state index contributed by atoms with van der Waals surface area (Å²) in [6.07, 6.45) is 8.10. The molecule has 1 aromatic carbocycles. The molecule has 5 heteroatoms. The molecule has 2 fully saturated rings. The van der Waals surface area contributed by atoms with E-state index in [1.54, 1.807) is 0 Å². The number of hydrogen-bond acceptors (Lipinski definition) is 4. The number of ether oxygens (including phenoxy) is 1. The van der Waals surface area contributed by atoms with Crippen LogP contribution < -0.4 is 4.74 Å². The Morgan fingerprint density at radius 3 is 2.63 bits per heavy atom. The van der Waals surface area contributed by atoms with Crippen molar-refractivity contribution in [1.82, 2.24) is 9.80 Å². The van der Waals surface area contributed by atoms with E-state index >= 15 is 0 Å². The van der Waals surface area contributed by atoms with Crippen LogP contribution in [0.4, 0.5) is 0 Å². The average molecular weight is 370 g/mol. The van der Waals surface area contributed by atoms with Crippen LogP contribution in [0.3, 0.4) is 0 Å². The van der Waals surface area contributed by atoms with Crippen molar-refractivity contribution < 1.29 is 14.3 Å². The van der Waals surface area contributed by atoms with Crippen LogP contribution in [0.5, 0.6) is 5.75 Å². The molecular formula is C22H30N2O3. The SMILES string of the molecule is CN(C(=O)CN1CCC2(CC1)CC(=O)c1ccccc1O2)C1CCCCC1. The molecule has 146 valence electrons. The van der Waals surface area contributed by atoms with Crippen molar-refractivity contribution in [3.05, 3.63) is 29.8 Å². The molecule has 1 amide bonds. The highest BCUT2D eigenvalue weighted by Gasteiger charge is 2.43. The lowest BCUT2D eigenvalue weighted by Gasteiger charge is -2.44. The number of benzene rings is 1. The summed E-state index contributed by atoms with van der Waals surface area (Å²) in [5.74, 6) is 1.12. The molecule has 5 nitrogen and oxygen atoms in total. The Kier molecular flexibility index (Phi) is 5.22. The molecule has 0 aromatic heterocycles. The van der Waals surface area contributed by atoms with E-state index in [1.807, 2.05) is 36.2 Å². The Hall–Kier alpha value is -1.88. The van der Waals surface area contributed by atoms with Crippen molar-refractivity contribution in [2.24, 2.45) is 0 Å². The predicted molar refractivity (Wildman–Crippen MR) is 104 cm³/mol. The zero-order valence-corrected chi connectivity index (χ0v) is 16.3. The van der Waals surface area contributed by atoms with Gasteiger partial charge in [0.2, 0.25) is 5.91 Å². The van der Waals surface area contributed by atoms with Crippen LogP contribution in [0.15, 0.2) is 24.3 Å². The Morgan fingerprint density at radius 1 is 1.19 bits per heavy atom. The molecule has 2 heterocycles. The number of fused-ring (bicyclic) bond motifs is 1. The molecule has 27 heavy (non-hydrogen) atoms. The number of likely N-dealkylation sites (N-methyl/N-ethyl adjacent to an activating group) is 1. The minimum Gasteiger partial charge on any atom is -0.486 e. The van der Waals surface area contributed by atoms with Crippen LogP contribution in [0, 0.1) is 0 Å². The number of amides is 1. The molecule has 0 N–H and O–H groups in total. The van der Waals surface area contributed by atoms with Crippen molar-refractivity contribution >= 4 is 11.7 Å². The zero-order valence-electron chi connectivity index (χ0n) is 16.3. The predicted octanol–water partition coefficient (Wildman–Crippen LogP) is 3.28. The second kappa shape index (κ2) is 7.63. The number of carbonyl (C=O) groups excluding carboxylic acids is 2. The molecular weight excluding hydrogens is 340 g/mol. The van der Waals surface area contributed by atoms with E-state index in [0.717, 1.165) is 44.5 Å². The first-order chi connectivity index (χ1) is 13.1. The Balaban J connectivity index is 1.33. The Labute approximate surface area is 161 Å². The summed E-state index contributed by atoms with van der Waals surface area (Å²) < 4.78 is 6.28. The summed E-state index contributed by atoms with van der Waals surface area (Å²) >= 11 is 0. The second-order valence-electron chi connectivity index (χ2n) is 8.45. The second-order valence-corrected chi connectivity index (χ2v) is 8.45. The quantitative estimate of drug-likeness (QED) is 0.819. The third kappa shape index (κ3) is 3.88. The van der Waals surface area contributed by atoms with Gasteiger partial charge in [-0.05, 0) is 25.0 Å². The normalized spacial score (nSPS) is 22.9. The molecule has 2 aliphatic heterocycles. The van der Waals surface area contributed by atoms with Gasteiger partial charge in [0, 0.05) is 39.0 Å². The molecule has 0 bridgehead atoms. The fourth-order valence-electron chi connectivity index (χ4n) is 4.82. The molecule has 4 rings (SSSR count). The number of rotatable bonds is 3. The summed E-state index contributed by atoms with van der Waals surface area (Å²) in [5, 5.41) is 0. The lowest BCUT2D eigenvalue weighted by Crippen LogP contribution is -2.53. The van der Waals surface area contributed by atoms with Crippen LogP contribution >= 0.6 is 0 Å². The summed E-state index contributed by atoms with van der Waals surface area (Å²) in [6.45, 7) is 2.09. The molecule has 0 radical (unpaired) electrons. The summed E-state index contributed by atoms with van der Waals surface area (Å²) in [5.41, 5.74) is 0.315. The van der Waals surface area contributed by atoms with Gasteiger partial charge in [-0.25, -0.2) is 0 Å². The fourth-order valence-corrected chi connectivity index (χ4v) is 4.82. The molecule has 1 saturated heterocycles. The maximum atomic E-state index is 12.7. The summed E-state index contributed by atoms with van der Waals surface area (Å²) in [7, 11) is 1.96. The number of likely N-dealkylation sites (tertiary alicyclic amines) is 1. The number of ketones is 1. The van der Waals surface area contributed by atoms with Crippen molar-refractivity contribution in [3.63, 3.8) is 0 Å². The molecule has 0 atom stereocenters. The number of Topliss-reactive ketones (excluding diaryl/α,β-unsaturated/α-hetero) is 1. The summed E-state index contributed by atoms with van der Waals surface area (Å²) in [6, 6.07) is 7.95. The van der Waals surface area contributed by atoms with E-state index in [4.69, 9.17) is 4.74 Å². The van der Waals surface area contributed by atoms with Crippen molar-refractivity contribution in [1.29, 1.82) is 0 Å². The lowest BCUT2D eigenvalue weighted by molar-refractivity contribution is -0.134. The number of para-hydroxylation sites is 1. The van der Waals surface area contributed by atoms with Crippen molar-refractivity contribution in [2.75, 3.05) is 26.7 Å². The van der Waals surface area contributed by atoms with Gasteiger partial charge < -0.3 is 9.64 Å². The fraction of sp³-hybridized carbons (Fsp3) is 0.636. The van der Waals surface area contributed by atoms with Gasteiger partial charge in [0.25, 0.3) is 0 Å². The van der Waals surface area contributed by atoms with E-state index in [2.05, 4.69) is 4.90 Å². The molecule has 1 aromatic rings. The minimum atomic E-state index is -0.389. The van der Waals surface area contributed by atoms with Crippen LogP contribution in [0.1, 0.15) is 61.7 Å². The third-order valence-electron chi connectivity index (χ3n) is 6.64. The largest absolute Gasteiger partial charge is 0.486 e. The Bertz CT molecular complexity index is 703. The number of nitrogens with zero attached hydrogens (tertiary/aromatic N) is 2. The first-order valence-electron chi connectivity index (χ1n) is 10.4. The highest BCUT2D eigenvalue weighted by Crippen LogP contribution is 2.39. The van der Waals surface area contributed by atoms with Gasteiger partial charge in [0.15, 0.2) is 5.78 Å². The topological polar surface area (TPSA) is 49.9 Å². The number of carbonyl (C=O) groups is 2. The summed E-state index contributed by atoms with van der Waals surface area (Å²) in [4.78, 5) is 29.4. The average Bonchev–Trinajstić information content (AvgIpc) is 2.70. The van der Waals surface area contributed by atoms with Gasteiger partial charge in [-0.3, -0.25) is 14.5 Å². The van der Waals surface area contributed by atoms with Gasteiger partial charge >= 0.3 is 0 Å². The van der Waals surface area contributed by atoms with Gasteiger partial charge in [-0.1, -0.05) is 31.4 Å². The van der Waals surface area contributed by atoms with Gasteiger partial charge in [0.05, 0.1) is 18.5 Å². The Morgan fingerprint density at radius 2 is 1.89 bits per heavy atom. The van der Waals surface area contributed by atoms with Crippen LogP contribution in [-0.2, 0) is 4.79 Å². The van der Waals surface area contributed by atoms with Crippen molar-refractivity contribution in [3.8, 4) is 5.75 Å². The van der Waals surface area contributed by atoms with Gasteiger partial charge in [0.1, 0.15) is 11.4 Å². The molecule has 3 aliphatic rings. The van der Waals surface area contributed by atoms with Crippen LogP contribution in [-0.4, -0.2) is 59.8 Å². The highest BCUT2D eigenvalue weighted by molar-refractivity contribution is 6.00. The first kappa shape index (κ1) is 18.5. The smallest absolute Gasteiger partial charge is 0.236 e. The highest BCUT2D eigenvalue weighted by atomic mass is 16.5. The van der Waals surface area contributed by atoms with Gasteiger partial charge in [-0.15, -0.1) is 0 Å². The standard InChI is InChI=1S/C22H30N2O3/c1-23(17-7-3-2-4-8-17)21(26)16-24-13-11-22(12-14-24)15-19(25)18-9-5-6-10-20(18)27-22/h5-6,9-10,17H,2-4,7-8,11-16H2,1H3. The lowest BCUT2D eigenvalue weighted by atomic mass is 9.82. The monoisotopic (exact) mass is 370 g/mol. The number of hydrogen-bond donors (Lipinski definition) is 0. The van der Waals surface area contributed by atoms with E-state index in [-0.39, 0.29) is 17.3 Å². The molecule has 1 spiro atoms. The molecule has 1 aliphatic carbocycles. The number of piperidine rings is 1. The van der Waals surface area contributed by atoms with E-state index in [1.165, 1.54) is 19.3 Å². The van der Waals surface area contributed by atoms with Gasteiger partial charge in [-0.2, -0.15) is 0 Å². The molecule has 1 saturated carbocycles. The maximum Gasteiger partial charge on any atom is 0.236 e. The van der Waals surface area contributed by atoms with Crippen LogP contribution in [0.25, 0.3) is 0 Å². The van der Waals surface area contributed by atoms with E-state index in [9.17, 15) is 9.59 Å². The first-order valence-corrected chi connectivity index (χ1v) is 10.4.